The topological polar surface area (TPSA) is 95.9 Å². The Morgan fingerprint density at radius 1 is 1.26 bits per heavy atom. The summed E-state index contributed by atoms with van der Waals surface area (Å²) in [6.45, 7) is 2.11. The number of phenolic OH excluding ortho intramolecular Hbond substituents is 1. The maximum atomic E-state index is 12.9. The molecule has 0 unspecified atom stereocenters. The summed E-state index contributed by atoms with van der Waals surface area (Å²) >= 11 is 6.61. The third-order valence-electron chi connectivity index (χ3n) is 4.60. The fourth-order valence-electron chi connectivity index (χ4n) is 3.30. The lowest BCUT2D eigenvalue weighted by Crippen LogP contribution is -2.57. The Morgan fingerprint density at radius 2 is 1.93 bits per heavy atom. The number of carbonyl (C=O) groups excluding carboxylic acids is 3. The molecular weight excluding hydrogens is 484 g/mol. The van der Waals surface area contributed by atoms with Gasteiger partial charge in [-0.05, 0) is 69.3 Å². The third kappa shape index (κ3) is 3.75. The van der Waals surface area contributed by atoms with Crippen LogP contribution in [-0.2, 0) is 9.59 Å². The van der Waals surface area contributed by atoms with Crippen molar-refractivity contribution in [2.75, 3.05) is 6.61 Å². The molecule has 1 aliphatic heterocycles. The fourth-order valence-corrected chi connectivity index (χ4v) is 4.14. The van der Waals surface area contributed by atoms with Gasteiger partial charge < -0.3 is 9.84 Å². The van der Waals surface area contributed by atoms with Gasteiger partial charge in [0.15, 0.2) is 11.5 Å². The zero-order valence-corrected chi connectivity index (χ0v) is 17.7. The quantitative estimate of drug-likeness (QED) is 0.484. The molecule has 1 saturated carbocycles. The number of aromatic hydroxyl groups is 1. The molecule has 4 amide bonds. The lowest BCUT2D eigenvalue weighted by molar-refractivity contribution is -0.131. The SMILES string of the molecule is CCOc1cc(/C=C2\C(=O)NC(=O)N(C3CCCC3)C2=O)c(Br)c(Br)c1O. The van der Waals surface area contributed by atoms with Gasteiger partial charge in [-0.1, -0.05) is 12.8 Å². The summed E-state index contributed by atoms with van der Waals surface area (Å²) < 4.78 is 6.19. The number of halogens is 2. The number of hydrogen-bond donors (Lipinski definition) is 2. The van der Waals surface area contributed by atoms with Gasteiger partial charge in [0.05, 0.1) is 11.1 Å². The molecule has 0 radical (unpaired) electrons. The summed E-state index contributed by atoms with van der Waals surface area (Å²) in [5, 5.41) is 12.4. The summed E-state index contributed by atoms with van der Waals surface area (Å²) in [6.07, 6.45) is 4.77. The predicted octanol–water partition coefficient (Wildman–Crippen LogP) is 3.72. The first kappa shape index (κ1) is 19.9. The minimum absolute atomic E-state index is 0.0898. The first-order chi connectivity index (χ1) is 12.8. The van der Waals surface area contributed by atoms with E-state index in [1.165, 1.54) is 12.1 Å². The van der Waals surface area contributed by atoms with E-state index in [9.17, 15) is 19.5 Å². The Labute approximate surface area is 173 Å². The number of nitrogens with one attached hydrogen (secondary N) is 1. The molecule has 1 aromatic carbocycles. The van der Waals surface area contributed by atoms with Gasteiger partial charge in [0.25, 0.3) is 11.8 Å². The van der Waals surface area contributed by atoms with Crippen LogP contribution in [-0.4, -0.2) is 40.5 Å². The average Bonchev–Trinajstić information content (AvgIpc) is 3.14. The fraction of sp³-hybridized carbons (Fsp3) is 0.389. The number of carbonyl (C=O) groups is 3. The molecule has 9 heteroatoms. The van der Waals surface area contributed by atoms with Crippen molar-refractivity contribution in [2.24, 2.45) is 0 Å². The number of phenols is 1. The van der Waals surface area contributed by atoms with Crippen LogP contribution < -0.4 is 10.1 Å². The van der Waals surface area contributed by atoms with E-state index in [0.29, 0.717) is 21.1 Å². The Balaban J connectivity index is 2.03. The number of imide groups is 2. The van der Waals surface area contributed by atoms with E-state index < -0.39 is 17.8 Å². The Bertz CT molecular complexity index is 847. The number of ether oxygens (including phenoxy) is 1. The Hall–Kier alpha value is -1.87. The Morgan fingerprint density at radius 3 is 2.56 bits per heavy atom. The molecule has 2 N–H and O–H groups in total. The molecule has 2 fully saturated rings. The highest BCUT2D eigenvalue weighted by Gasteiger charge is 2.40. The molecule has 3 rings (SSSR count). The first-order valence-corrected chi connectivity index (χ1v) is 10.2. The van der Waals surface area contributed by atoms with E-state index in [1.807, 2.05) is 0 Å². The second kappa shape index (κ2) is 8.02. The summed E-state index contributed by atoms with van der Waals surface area (Å²) in [5.41, 5.74) is 0.324. The second-order valence-electron chi connectivity index (χ2n) is 6.30. The number of hydrogen-bond acceptors (Lipinski definition) is 5. The van der Waals surface area contributed by atoms with Crippen LogP contribution in [0.4, 0.5) is 4.79 Å². The number of barbiturate groups is 1. The molecule has 144 valence electrons. The van der Waals surface area contributed by atoms with Crippen molar-refractivity contribution in [3.05, 3.63) is 26.1 Å². The van der Waals surface area contributed by atoms with E-state index >= 15 is 0 Å². The van der Waals surface area contributed by atoms with Crippen molar-refractivity contribution in [3.63, 3.8) is 0 Å². The highest BCUT2D eigenvalue weighted by molar-refractivity contribution is 9.13. The normalized spacial score (nSPS) is 19.7. The van der Waals surface area contributed by atoms with Crippen molar-refractivity contribution >= 4 is 55.8 Å². The van der Waals surface area contributed by atoms with Gasteiger partial charge in [0, 0.05) is 10.5 Å². The van der Waals surface area contributed by atoms with Crippen LogP contribution in [0.1, 0.15) is 38.2 Å². The predicted molar refractivity (Wildman–Crippen MR) is 105 cm³/mol. The molecular formula is C18H18Br2N2O5. The van der Waals surface area contributed by atoms with Crippen molar-refractivity contribution in [1.82, 2.24) is 10.2 Å². The molecule has 0 spiro atoms. The molecule has 1 heterocycles. The minimum atomic E-state index is -0.742. The van der Waals surface area contributed by atoms with E-state index in [4.69, 9.17) is 4.74 Å². The third-order valence-corrected chi connectivity index (χ3v) is 6.76. The Kier molecular flexibility index (Phi) is 5.90. The summed E-state index contributed by atoms with van der Waals surface area (Å²) in [5.74, 6) is -1.22. The largest absolute Gasteiger partial charge is 0.503 e. The molecule has 1 aromatic rings. The molecule has 0 atom stereocenters. The number of benzene rings is 1. The average molecular weight is 502 g/mol. The molecule has 2 aliphatic rings. The van der Waals surface area contributed by atoms with Gasteiger partial charge in [-0.2, -0.15) is 0 Å². The second-order valence-corrected chi connectivity index (χ2v) is 7.89. The maximum absolute atomic E-state index is 12.9. The number of urea groups is 1. The van der Waals surface area contributed by atoms with Gasteiger partial charge in [-0.3, -0.25) is 19.8 Å². The van der Waals surface area contributed by atoms with Crippen LogP contribution >= 0.6 is 31.9 Å². The lowest BCUT2D eigenvalue weighted by Gasteiger charge is -2.31. The minimum Gasteiger partial charge on any atom is -0.503 e. The lowest BCUT2D eigenvalue weighted by atomic mass is 10.0. The van der Waals surface area contributed by atoms with Crippen molar-refractivity contribution in [1.29, 1.82) is 0 Å². The van der Waals surface area contributed by atoms with Crippen LogP contribution in [0.25, 0.3) is 6.08 Å². The van der Waals surface area contributed by atoms with Gasteiger partial charge >= 0.3 is 6.03 Å². The molecule has 1 saturated heterocycles. The molecule has 7 nitrogen and oxygen atoms in total. The number of nitrogens with zero attached hydrogens (tertiary/aromatic N) is 1. The van der Waals surface area contributed by atoms with Crippen LogP contribution in [0.5, 0.6) is 11.5 Å². The van der Waals surface area contributed by atoms with Crippen molar-refractivity contribution in [2.45, 2.75) is 38.6 Å². The molecule has 27 heavy (non-hydrogen) atoms. The summed E-state index contributed by atoms with van der Waals surface area (Å²) in [7, 11) is 0. The summed E-state index contributed by atoms with van der Waals surface area (Å²) in [4.78, 5) is 38.5. The van der Waals surface area contributed by atoms with Crippen LogP contribution in [0, 0.1) is 0 Å². The highest BCUT2D eigenvalue weighted by atomic mass is 79.9. The van der Waals surface area contributed by atoms with E-state index in [1.54, 1.807) is 6.92 Å². The van der Waals surface area contributed by atoms with Crippen LogP contribution in [0.15, 0.2) is 20.6 Å². The van der Waals surface area contributed by atoms with Crippen LogP contribution in [0.2, 0.25) is 0 Å². The smallest absolute Gasteiger partial charge is 0.331 e. The first-order valence-electron chi connectivity index (χ1n) is 8.59. The standard InChI is InChI=1S/C18H18Br2N2O5/c1-2-27-12-8-9(13(19)14(20)15(12)23)7-11-16(24)21-18(26)22(17(11)25)10-5-3-4-6-10/h7-8,10,23H,2-6H2,1H3,(H,21,24,26)/b11-7+. The van der Waals surface area contributed by atoms with E-state index in [0.717, 1.165) is 30.6 Å². The monoisotopic (exact) mass is 500 g/mol. The van der Waals surface area contributed by atoms with Gasteiger partial charge in [0.1, 0.15) is 5.57 Å². The molecule has 0 bridgehead atoms. The number of amides is 4. The zero-order valence-electron chi connectivity index (χ0n) is 14.6. The van der Waals surface area contributed by atoms with Crippen molar-refractivity contribution < 1.29 is 24.2 Å². The highest BCUT2D eigenvalue weighted by Crippen LogP contribution is 2.42. The van der Waals surface area contributed by atoms with Gasteiger partial charge in [-0.15, -0.1) is 0 Å². The van der Waals surface area contributed by atoms with Gasteiger partial charge in [-0.25, -0.2) is 4.79 Å². The molecule has 0 aromatic heterocycles. The number of rotatable bonds is 4. The summed E-state index contributed by atoms with van der Waals surface area (Å²) in [6, 6.07) is 0.662. The zero-order chi connectivity index (χ0) is 19.7. The molecule has 1 aliphatic carbocycles. The maximum Gasteiger partial charge on any atom is 0.331 e. The van der Waals surface area contributed by atoms with E-state index in [2.05, 4.69) is 37.2 Å². The van der Waals surface area contributed by atoms with Crippen LogP contribution in [0.3, 0.4) is 0 Å². The van der Waals surface area contributed by atoms with E-state index in [-0.39, 0.29) is 23.1 Å². The van der Waals surface area contributed by atoms with Gasteiger partial charge in [0.2, 0.25) is 0 Å². The van der Waals surface area contributed by atoms with Crippen molar-refractivity contribution in [3.8, 4) is 11.5 Å².